The van der Waals surface area contributed by atoms with E-state index in [1.807, 2.05) is 6.92 Å². The van der Waals surface area contributed by atoms with Crippen molar-refractivity contribution in [2.45, 2.75) is 43.2 Å². The van der Waals surface area contributed by atoms with Crippen LogP contribution in [0, 0.1) is 0 Å². The first-order chi connectivity index (χ1) is 11.7. The van der Waals surface area contributed by atoms with Gasteiger partial charge in [-0.1, -0.05) is 29.6 Å². The Kier molecular flexibility index (Phi) is 7.52. The van der Waals surface area contributed by atoms with E-state index >= 15 is 0 Å². The fourth-order valence-electron chi connectivity index (χ4n) is 3.02. The number of nitrogens with one attached hydrogen (secondary N) is 1. The van der Waals surface area contributed by atoms with Gasteiger partial charge in [0.2, 0.25) is 10.0 Å². The Balaban J connectivity index is 1.99. The summed E-state index contributed by atoms with van der Waals surface area (Å²) in [6.07, 6.45) is 3.09. The van der Waals surface area contributed by atoms with Crippen molar-refractivity contribution in [2.75, 3.05) is 26.2 Å². The molecule has 2 atom stereocenters. The number of rotatable bonds is 7. The fraction of sp³-hybridized carbons (Fsp3) is 0.625. The lowest BCUT2D eigenvalue weighted by molar-refractivity contribution is 0.0983. The highest BCUT2D eigenvalue weighted by molar-refractivity contribution is 7.89. The summed E-state index contributed by atoms with van der Waals surface area (Å²) in [5.74, 6) is 0. The van der Waals surface area contributed by atoms with Gasteiger partial charge in [0.25, 0.3) is 0 Å². The van der Waals surface area contributed by atoms with Gasteiger partial charge >= 0.3 is 0 Å². The zero-order valence-electron chi connectivity index (χ0n) is 14.2. The summed E-state index contributed by atoms with van der Waals surface area (Å²) in [4.78, 5) is 2.10. The second-order valence-electron chi connectivity index (χ2n) is 6.49. The largest absolute Gasteiger partial charge is 0.390 e. The lowest BCUT2D eigenvalue weighted by Gasteiger charge is -2.29. The molecule has 142 valence electrons. The molecule has 6 nitrogen and oxygen atoms in total. The minimum Gasteiger partial charge on any atom is -0.390 e. The van der Waals surface area contributed by atoms with Gasteiger partial charge in [-0.15, -0.1) is 0 Å². The number of likely N-dealkylation sites (tertiary alicyclic amines) is 1. The molecule has 1 aromatic carbocycles. The Morgan fingerprint density at radius 1 is 1.24 bits per heavy atom. The molecule has 0 radical (unpaired) electrons. The van der Waals surface area contributed by atoms with Gasteiger partial charge in [0, 0.05) is 24.2 Å². The molecule has 4 N–H and O–H groups in total. The summed E-state index contributed by atoms with van der Waals surface area (Å²) in [5.41, 5.74) is 0.570. The number of aliphatic hydroxyl groups is 1. The van der Waals surface area contributed by atoms with Gasteiger partial charge in [-0.2, -0.15) is 0 Å². The molecule has 1 aliphatic rings. The zero-order valence-corrected chi connectivity index (χ0v) is 16.5. The van der Waals surface area contributed by atoms with Crippen LogP contribution in [-0.4, -0.2) is 50.7 Å². The number of aliphatic hydroxyl groups excluding tert-OH is 1. The van der Waals surface area contributed by atoms with E-state index in [1.165, 1.54) is 31.4 Å². The Morgan fingerprint density at radius 3 is 2.48 bits per heavy atom. The molecule has 1 saturated heterocycles. The summed E-state index contributed by atoms with van der Waals surface area (Å²) < 4.78 is 23.2. The number of sulfonamides is 1. The van der Waals surface area contributed by atoms with Crippen molar-refractivity contribution in [3.8, 4) is 0 Å². The molecular formula is C16H25Cl2N3O3S. The third-order valence-electron chi connectivity index (χ3n) is 4.40. The van der Waals surface area contributed by atoms with Crippen molar-refractivity contribution in [3.63, 3.8) is 0 Å². The van der Waals surface area contributed by atoms with Crippen LogP contribution in [0.25, 0.3) is 0 Å². The van der Waals surface area contributed by atoms with Crippen molar-refractivity contribution in [2.24, 2.45) is 5.14 Å². The van der Waals surface area contributed by atoms with Crippen LogP contribution in [0.5, 0.6) is 0 Å². The van der Waals surface area contributed by atoms with Gasteiger partial charge in [-0.3, -0.25) is 0 Å². The monoisotopic (exact) mass is 409 g/mol. The Hall–Kier alpha value is -0.410. The van der Waals surface area contributed by atoms with Crippen LogP contribution in [0.3, 0.4) is 0 Å². The van der Waals surface area contributed by atoms with Gasteiger partial charge in [0.1, 0.15) is 4.90 Å². The van der Waals surface area contributed by atoms with Crippen LogP contribution in [0.4, 0.5) is 0 Å². The van der Waals surface area contributed by atoms with Crippen LogP contribution in [0.1, 0.15) is 37.8 Å². The number of primary sulfonamides is 1. The van der Waals surface area contributed by atoms with E-state index in [2.05, 4.69) is 10.2 Å². The minimum atomic E-state index is -3.93. The molecule has 0 bridgehead atoms. The average Bonchev–Trinajstić information content (AvgIpc) is 2.52. The number of halogens is 2. The van der Waals surface area contributed by atoms with Crippen LogP contribution in [0.2, 0.25) is 10.0 Å². The number of piperidine rings is 1. The first-order valence-corrected chi connectivity index (χ1v) is 10.6. The second-order valence-corrected chi connectivity index (χ2v) is 8.84. The van der Waals surface area contributed by atoms with E-state index in [4.69, 9.17) is 28.3 Å². The molecule has 25 heavy (non-hydrogen) atoms. The molecule has 1 heterocycles. The molecule has 0 aromatic heterocycles. The maximum atomic E-state index is 11.6. The molecule has 9 heteroatoms. The molecule has 1 fully saturated rings. The van der Waals surface area contributed by atoms with Gasteiger partial charge in [-0.05, 0) is 50.6 Å². The predicted molar refractivity (Wildman–Crippen MR) is 101 cm³/mol. The van der Waals surface area contributed by atoms with Gasteiger partial charge < -0.3 is 15.3 Å². The maximum Gasteiger partial charge on any atom is 0.239 e. The highest BCUT2D eigenvalue weighted by atomic mass is 35.5. The number of hydrogen-bond acceptors (Lipinski definition) is 5. The summed E-state index contributed by atoms with van der Waals surface area (Å²) in [6.45, 7) is 4.88. The van der Waals surface area contributed by atoms with Crippen molar-refractivity contribution in [1.29, 1.82) is 0 Å². The summed E-state index contributed by atoms with van der Waals surface area (Å²) in [5, 5.41) is 18.9. The van der Waals surface area contributed by atoms with E-state index < -0.39 is 16.1 Å². The minimum absolute atomic E-state index is 0.00594. The normalized spacial score (nSPS) is 18.9. The molecule has 0 spiro atoms. The van der Waals surface area contributed by atoms with Crippen molar-refractivity contribution >= 4 is 33.2 Å². The maximum absolute atomic E-state index is 11.6. The van der Waals surface area contributed by atoms with Crippen LogP contribution < -0.4 is 10.5 Å². The van der Waals surface area contributed by atoms with E-state index in [-0.39, 0.29) is 16.0 Å². The Labute approximate surface area is 159 Å². The van der Waals surface area contributed by atoms with E-state index in [9.17, 15) is 13.5 Å². The highest BCUT2D eigenvalue weighted by Gasteiger charge is 2.20. The summed E-state index contributed by atoms with van der Waals surface area (Å²) in [6, 6.07) is 2.50. The number of nitrogens with zero attached hydrogens (tertiary/aromatic N) is 1. The molecule has 0 amide bonds. The molecule has 0 aliphatic carbocycles. The Morgan fingerprint density at radius 2 is 1.88 bits per heavy atom. The van der Waals surface area contributed by atoms with Gasteiger partial charge in [-0.25, -0.2) is 13.6 Å². The predicted octanol–water partition coefficient (Wildman–Crippen LogP) is 2.14. The van der Waals surface area contributed by atoms with Crippen molar-refractivity contribution < 1.29 is 13.5 Å². The van der Waals surface area contributed by atoms with E-state index in [1.54, 1.807) is 0 Å². The van der Waals surface area contributed by atoms with E-state index in [0.29, 0.717) is 23.7 Å². The molecular weight excluding hydrogens is 385 g/mol. The Bertz CT molecular complexity index is 694. The first kappa shape index (κ1) is 20.9. The molecule has 0 saturated carbocycles. The lowest BCUT2D eigenvalue weighted by atomic mass is 10.1. The van der Waals surface area contributed by atoms with Gasteiger partial charge in [0.15, 0.2) is 0 Å². The summed E-state index contributed by atoms with van der Waals surface area (Å²) >= 11 is 12.1. The zero-order chi connectivity index (χ0) is 18.6. The fourth-order valence-corrected chi connectivity index (χ4v) is 4.51. The topological polar surface area (TPSA) is 95.7 Å². The molecule has 2 unspecified atom stereocenters. The second kappa shape index (κ2) is 8.99. The highest BCUT2D eigenvalue weighted by Crippen LogP contribution is 2.31. The number of hydrogen-bond donors (Lipinski definition) is 3. The van der Waals surface area contributed by atoms with Crippen molar-refractivity contribution in [1.82, 2.24) is 10.2 Å². The molecule has 1 aliphatic heterocycles. The standard InChI is InChI=1S/C16H25Cl2N3O3S/c1-11(20-9-12(22)10-21-5-3-2-4-6-21)13-7-16(25(19,23)24)15(18)8-14(13)17/h7-8,11-12,20,22H,2-6,9-10H2,1H3,(H2,19,23,24). The van der Waals surface area contributed by atoms with E-state index in [0.717, 1.165) is 13.1 Å². The number of β-amino-alcohol motifs (C(OH)–C–C–N with tert-alkyl or cyclic N) is 1. The quantitative estimate of drug-likeness (QED) is 0.640. The average molecular weight is 410 g/mol. The number of benzene rings is 1. The summed E-state index contributed by atoms with van der Waals surface area (Å²) in [7, 11) is -3.93. The third-order valence-corrected chi connectivity index (χ3v) is 6.10. The van der Waals surface area contributed by atoms with Crippen LogP contribution in [0.15, 0.2) is 17.0 Å². The number of nitrogens with two attached hydrogens (primary N) is 1. The lowest BCUT2D eigenvalue weighted by Crippen LogP contribution is -2.41. The molecule has 2 rings (SSSR count). The van der Waals surface area contributed by atoms with Crippen LogP contribution in [-0.2, 0) is 10.0 Å². The smallest absolute Gasteiger partial charge is 0.239 e. The van der Waals surface area contributed by atoms with Crippen molar-refractivity contribution in [3.05, 3.63) is 27.7 Å². The van der Waals surface area contributed by atoms with Gasteiger partial charge in [0.05, 0.1) is 11.1 Å². The first-order valence-electron chi connectivity index (χ1n) is 8.34. The molecule has 1 aromatic rings. The third kappa shape index (κ3) is 6.06. The SMILES string of the molecule is CC(NCC(O)CN1CCCCC1)c1cc(S(N)(=O)=O)c(Cl)cc1Cl. The van der Waals surface area contributed by atoms with Crippen LogP contribution >= 0.6 is 23.2 Å².